The number of aliphatic hydroxyl groups is 4. The highest BCUT2D eigenvalue weighted by atomic mass is 16.6. The first kappa shape index (κ1) is 57.7. The largest absolute Gasteiger partial charge is 0.482 e. The third-order valence-corrected chi connectivity index (χ3v) is 22.4. The standard InChI is InChI=1S/C77H76O12/c1-44(40-79)54-28-20-45-18-21-47(22-19-45)55-29-25-49(57-14-7-17-65-60(57)31-27-53-12-6-11-52-26-23-48-10-3-5-16-64(48)77(52,53)65)37-51(55)38-68(82)86-72-70-67(33-32-61-63(41-80)69(75(84)87-71(61)70)50(34-36-78)42-85-43-81)89-76(73(72)88-74(54)83)35-8-15-59-58-30-24-46-9-2-4-13-56(46)62(58)39-66(59)76/h2-5,7-10,13-19,21-27,29-33,49-53,55,58-59,62,66,72-73,78-81H,6,11-12,20,28,34-43H2,1H3. The lowest BCUT2D eigenvalue weighted by Gasteiger charge is -2.53. The Balaban J connectivity index is 0.886. The summed E-state index contributed by atoms with van der Waals surface area (Å²) >= 11 is 0. The molecule has 0 saturated heterocycles. The van der Waals surface area contributed by atoms with Crippen molar-refractivity contribution < 1.29 is 53.4 Å². The second kappa shape index (κ2) is 23.3. The molecule has 4 N–H and O–H groups in total. The lowest BCUT2D eigenvalue weighted by atomic mass is 9.49. The van der Waals surface area contributed by atoms with E-state index < -0.39 is 61.3 Å². The van der Waals surface area contributed by atoms with Crippen molar-refractivity contribution >= 4 is 41.1 Å². The van der Waals surface area contributed by atoms with Gasteiger partial charge in [-0.2, -0.15) is 0 Å². The minimum absolute atomic E-state index is 0.00522. The van der Waals surface area contributed by atoms with E-state index in [9.17, 15) is 25.2 Å². The topological polar surface area (TPSA) is 182 Å². The lowest BCUT2D eigenvalue weighted by Crippen LogP contribution is -2.61. The highest BCUT2D eigenvalue weighted by Gasteiger charge is 2.65. The van der Waals surface area contributed by atoms with E-state index in [1.54, 1.807) is 19.1 Å². The first-order valence-electron chi connectivity index (χ1n) is 32.3. The van der Waals surface area contributed by atoms with Gasteiger partial charge in [-0.05, 0) is 161 Å². The number of carbonyl (C=O) groups excluding carboxylic acids is 2. The van der Waals surface area contributed by atoms with Crippen LogP contribution in [0, 0.1) is 35.5 Å². The van der Waals surface area contributed by atoms with Crippen LogP contribution in [0.2, 0.25) is 0 Å². The molecule has 2 fully saturated rings. The van der Waals surface area contributed by atoms with Gasteiger partial charge < -0.3 is 43.8 Å². The van der Waals surface area contributed by atoms with Gasteiger partial charge in [0.05, 0.1) is 25.4 Å². The highest BCUT2D eigenvalue weighted by Crippen LogP contribution is 2.63. The van der Waals surface area contributed by atoms with E-state index in [-0.39, 0.29) is 114 Å². The maximum atomic E-state index is 16.0. The van der Waals surface area contributed by atoms with Crippen LogP contribution >= 0.6 is 0 Å². The van der Waals surface area contributed by atoms with Gasteiger partial charge >= 0.3 is 17.6 Å². The summed E-state index contributed by atoms with van der Waals surface area (Å²) < 4.78 is 33.8. The van der Waals surface area contributed by atoms with Gasteiger partial charge in [0.2, 0.25) is 0 Å². The zero-order chi connectivity index (χ0) is 60.7. The van der Waals surface area contributed by atoms with E-state index in [1.807, 2.05) is 6.07 Å². The number of rotatable bonds is 9. The molecule has 14 atom stereocenters. The number of carbonyl (C=O) groups is 2. The number of ether oxygens (including phenoxy) is 4. The Morgan fingerprint density at radius 2 is 1.52 bits per heavy atom. The summed E-state index contributed by atoms with van der Waals surface area (Å²) in [6.07, 6.45) is 26.1. The van der Waals surface area contributed by atoms with Crippen LogP contribution in [-0.4, -0.2) is 70.7 Å². The van der Waals surface area contributed by atoms with Crippen molar-refractivity contribution in [1.29, 1.82) is 0 Å². The van der Waals surface area contributed by atoms with Crippen molar-refractivity contribution in [3.05, 3.63) is 234 Å². The van der Waals surface area contributed by atoms with Crippen molar-refractivity contribution in [2.75, 3.05) is 26.6 Å². The van der Waals surface area contributed by atoms with E-state index in [1.165, 1.54) is 39.8 Å². The number of benzene rings is 5. The fourth-order valence-corrected chi connectivity index (χ4v) is 18.4. The van der Waals surface area contributed by atoms with Gasteiger partial charge in [-0.15, -0.1) is 0 Å². The van der Waals surface area contributed by atoms with Gasteiger partial charge in [0.1, 0.15) is 18.1 Å². The molecule has 2 saturated carbocycles. The zero-order valence-electron chi connectivity index (χ0n) is 50.2. The first-order chi connectivity index (χ1) is 43.6. The molecule has 0 amide bonds. The summed E-state index contributed by atoms with van der Waals surface area (Å²) in [5.74, 6) is -1.72. The molecule has 12 nitrogen and oxygen atoms in total. The average Bonchev–Trinajstić information content (AvgIpc) is 1.52. The third-order valence-electron chi connectivity index (χ3n) is 22.4. The Bertz CT molecular complexity index is 4050. The van der Waals surface area contributed by atoms with Crippen molar-refractivity contribution in [2.45, 2.75) is 125 Å². The minimum atomic E-state index is -1.42. The SMILES string of the molecule is CC(CO)=C1CCc2ccc(cc2)C2C=CC(c3cccc4c3C=CC3CCCC5C=Cc6ccccc6C453)CC2CC(=O)OC2c3c(ccc4c(CO)c(C(CCO)COCO)c(=O)oc34)OC3(CC=CC4C5C=Cc6ccccc6C5CC43)C2OC1=O. The number of hydrogen-bond acceptors (Lipinski definition) is 12. The van der Waals surface area contributed by atoms with Crippen molar-refractivity contribution in [1.82, 2.24) is 0 Å². The second-order valence-electron chi connectivity index (χ2n) is 26.5. The van der Waals surface area contributed by atoms with Crippen LogP contribution in [0.25, 0.3) is 29.2 Å². The smallest absolute Gasteiger partial charge is 0.340 e. The van der Waals surface area contributed by atoms with Crippen LogP contribution in [-0.2, 0) is 42.2 Å². The summed E-state index contributed by atoms with van der Waals surface area (Å²) in [6.45, 7) is -0.368. The lowest BCUT2D eigenvalue weighted by molar-refractivity contribution is -0.205. The predicted molar refractivity (Wildman–Crippen MR) is 339 cm³/mol. The van der Waals surface area contributed by atoms with Crippen LogP contribution in [0.1, 0.15) is 161 Å². The van der Waals surface area contributed by atoms with Gasteiger partial charge in [0, 0.05) is 65.1 Å². The second-order valence-corrected chi connectivity index (χ2v) is 26.5. The fourth-order valence-electron chi connectivity index (χ4n) is 18.4. The summed E-state index contributed by atoms with van der Waals surface area (Å²) in [5.41, 5.74) is 9.80. The van der Waals surface area contributed by atoms with Crippen LogP contribution < -0.4 is 10.4 Å². The molecule has 456 valence electrons. The molecule has 3 aliphatic heterocycles. The maximum Gasteiger partial charge on any atom is 0.340 e. The molecule has 5 aromatic carbocycles. The molecule has 7 aliphatic carbocycles. The Morgan fingerprint density at radius 3 is 2.33 bits per heavy atom. The Kier molecular flexibility index (Phi) is 15.1. The van der Waals surface area contributed by atoms with Gasteiger partial charge in [0.15, 0.2) is 17.8 Å². The Morgan fingerprint density at radius 1 is 0.742 bits per heavy atom. The molecule has 14 unspecified atom stereocenters. The van der Waals surface area contributed by atoms with Crippen LogP contribution in [0.15, 0.2) is 166 Å². The number of aliphatic hydroxyl groups excluding tert-OH is 4. The Hall–Kier alpha value is -7.71. The quantitative estimate of drug-likeness (QED) is 0.0354. The third kappa shape index (κ3) is 9.36. The van der Waals surface area contributed by atoms with Crippen LogP contribution in [0.5, 0.6) is 5.75 Å². The van der Waals surface area contributed by atoms with E-state index >= 15 is 9.59 Å². The average molecular weight is 1190 g/mol. The van der Waals surface area contributed by atoms with E-state index in [0.29, 0.717) is 47.6 Å². The van der Waals surface area contributed by atoms with Gasteiger partial charge in [-0.1, -0.05) is 158 Å². The molecule has 2 spiro atoms. The van der Waals surface area contributed by atoms with Gasteiger partial charge in [-0.25, -0.2) is 9.59 Å². The number of fused-ring (bicyclic) bond motifs is 19. The van der Waals surface area contributed by atoms with Crippen LogP contribution in [0.3, 0.4) is 0 Å². The van der Waals surface area contributed by atoms with Gasteiger partial charge in [0.25, 0.3) is 0 Å². The minimum Gasteiger partial charge on any atom is -0.482 e. The predicted octanol–water partition coefficient (Wildman–Crippen LogP) is 12.9. The Labute approximate surface area is 518 Å². The molecule has 89 heavy (non-hydrogen) atoms. The molecule has 16 rings (SSSR count). The molecule has 4 heterocycles. The summed E-state index contributed by atoms with van der Waals surface area (Å²) in [5, 5.41) is 42.5. The summed E-state index contributed by atoms with van der Waals surface area (Å²) in [4.78, 5) is 46.5. The summed E-state index contributed by atoms with van der Waals surface area (Å²) in [6, 6.07) is 36.2. The highest BCUT2D eigenvalue weighted by molar-refractivity contribution is 5.91. The zero-order valence-corrected chi connectivity index (χ0v) is 50.2. The molecule has 0 radical (unpaired) electrons. The summed E-state index contributed by atoms with van der Waals surface area (Å²) in [7, 11) is 0. The number of aryl methyl sites for hydroxylation is 1. The molecular weight excluding hydrogens is 1120 g/mol. The fraction of sp³-hybridized carbons (Fsp3) is 0.390. The van der Waals surface area contributed by atoms with Crippen molar-refractivity contribution in [3.8, 4) is 5.75 Å². The van der Waals surface area contributed by atoms with E-state index in [4.69, 9.17) is 23.4 Å². The molecule has 1 aromatic heterocycles. The first-order valence-corrected chi connectivity index (χ1v) is 32.3. The molecule has 12 heteroatoms. The van der Waals surface area contributed by atoms with Crippen molar-refractivity contribution in [3.63, 3.8) is 0 Å². The monoisotopic (exact) mass is 1190 g/mol. The molecule has 2 bridgehead atoms. The number of hydrogen-bond donors (Lipinski definition) is 4. The maximum absolute atomic E-state index is 16.0. The number of allylic oxidation sites excluding steroid dienone is 6. The van der Waals surface area contributed by atoms with E-state index in [0.717, 1.165) is 29.5 Å². The molecular formula is C77H76O12. The van der Waals surface area contributed by atoms with E-state index in [2.05, 4.69) is 146 Å². The molecule has 6 aromatic rings. The normalized spacial score (nSPS) is 31.1. The molecule has 10 aliphatic rings. The van der Waals surface area contributed by atoms with Gasteiger partial charge in [-0.3, -0.25) is 4.79 Å². The number of esters is 2. The van der Waals surface area contributed by atoms with Crippen molar-refractivity contribution in [2.24, 2.45) is 35.5 Å². The van der Waals surface area contributed by atoms with Crippen LogP contribution in [0.4, 0.5) is 0 Å².